The quantitative estimate of drug-likeness (QED) is 0.397. The number of rotatable bonds is 6. The molecule has 4 aliphatic rings. The van der Waals surface area contributed by atoms with E-state index >= 15 is 0 Å². The Balaban J connectivity index is 1.19. The first-order valence-electron chi connectivity index (χ1n) is 14.2. The number of carbonyl (C=O) groups excluding carboxylic acids is 1. The van der Waals surface area contributed by atoms with Crippen LogP contribution < -0.4 is 10.2 Å². The third-order valence-electron chi connectivity index (χ3n) is 8.69. The number of benzene rings is 1. The average molecular weight is 617 g/mol. The van der Waals surface area contributed by atoms with E-state index in [4.69, 9.17) is 4.74 Å². The lowest BCUT2D eigenvalue weighted by molar-refractivity contribution is -0.137. The summed E-state index contributed by atoms with van der Waals surface area (Å²) in [5.74, 6) is 0.587. The fourth-order valence-electron chi connectivity index (χ4n) is 6.30. The molecule has 42 heavy (non-hydrogen) atoms. The predicted octanol–water partition coefficient (Wildman–Crippen LogP) is 5.37. The number of nitrogens with zero attached hydrogens (tertiary/aromatic N) is 5. The number of aryl methyl sites for hydroxylation is 1. The summed E-state index contributed by atoms with van der Waals surface area (Å²) >= 11 is 2.55. The molecule has 0 radical (unpaired) electrons. The van der Waals surface area contributed by atoms with Crippen molar-refractivity contribution in [2.75, 3.05) is 55.9 Å². The van der Waals surface area contributed by atoms with Crippen LogP contribution in [0.3, 0.4) is 0 Å². The Labute approximate surface area is 250 Å². The van der Waals surface area contributed by atoms with Gasteiger partial charge in [-0.25, -0.2) is 9.97 Å². The Bertz CT molecular complexity index is 1530. The molecule has 13 heteroatoms. The van der Waals surface area contributed by atoms with Crippen LogP contribution in [0.5, 0.6) is 0 Å². The van der Waals surface area contributed by atoms with Crippen LogP contribution in [0.4, 0.5) is 30.5 Å². The van der Waals surface area contributed by atoms with Gasteiger partial charge < -0.3 is 19.9 Å². The Kier molecular flexibility index (Phi) is 7.11. The van der Waals surface area contributed by atoms with Gasteiger partial charge in [-0.05, 0) is 49.7 Å². The summed E-state index contributed by atoms with van der Waals surface area (Å²) in [7, 11) is 2.17. The van der Waals surface area contributed by atoms with Crippen molar-refractivity contribution in [3.05, 3.63) is 46.5 Å². The monoisotopic (exact) mass is 616 g/mol. The van der Waals surface area contributed by atoms with Crippen LogP contribution in [-0.4, -0.2) is 89.4 Å². The van der Waals surface area contributed by atoms with Crippen LogP contribution in [0.25, 0.3) is 10.6 Å². The molecule has 6 heterocycles. The second-order valence-corrected chi connectivity index (χ2v) is 13.4. The molecule has 0 aliphatic carbocycles. The molecule has 0 spiro atoms. The Hall–Kier alpha value is -2.87. The Morgan fingerprint density at radius 3 is 2.62 bits per heavy atom. The highest BCUT2D eigenvalue weighted by Gasteiger charge is 2.42. The molecule has 0 saturated carbocycles. The number of likely N-dealkylation sites (N-methyl/N-ethyl adjacent to an activating group) is 1. The van der Waals surface area contributed by atoms with Crippen molar-refractivity contribution in [1.29, 1.82) is 0 Å². The van der Waals surface area contributed by atoms with E-state index in [9.17, 15) is 18.0 Å². The highest BCUT2D eigenvalue weighted by molar-refractivity contribution is 7.99. The summed E-state index contributed by atoms with van der Waals surface area (Å²) < 4.78 is 47.7. The molecule has 2 bridgehead atoms. The van der Waals surface area contributed by atoms with E-state index in [2.05, 4.69) is 51.2 Å². The van der Waals surface area contributed by atoms with Gasteiger partial charge in [-0.1, -0.05) is 6.92 Å². The number of fused-ring (bicyclic) bond motifs is 3. The molecular weight excluding hydrogens is 585 g/mol. The van der Waals surface area contributed by atoms with Gasteiger partial charge in [0.2, 0.25) is 5.95 Å². The van der Waals surface area contributed by atoms with Crippen molar-refractivity contribution < 1.29 is 22.7 Å². The normalized spacial score (nSPS) is 22.8. The van der Waals surface area contributed by atoms with E-state index < -0.39 is 11.7 Å². The zero-order valence-corrected chi connectivity index (χ0v) is 24.9. The minimum absolute atomic E-state index is 0.0105. The second-order valence-electron chi connectivity index (χ2n) is 11.3. The fraction of sp³-hybridized carbons (Fsp3) is 0.483. The number of thiophene rings is 1. The van der Waals surface area contributed by atoms with Crippen LogP contribution in [0.15, 0.2) is 35.4 Å². The number of ether oxygens (including phenoxy) is 1. The Morgan fingerprint density at radius 1 is 1.12 bits per heavy atom. The first-order chi connectivity index (χ1) is 20.2. The number of halogens is 3. The largest absolute Gasteiger partial charge is 0.420 e. The van der Waals surface area contributed by atoms with Crippen LogP contribution in [0, 0.1) is 0 Å². The summed E-state index contributed by atoms with van der Waals surface area (Å²) in [5.41, 5.74) is 1.82. The maximum absolute atomic E-state index is 14.1. The first-order valence-corrected chi connectivity index (χ1v) is 16.0. The second kappa shape index (κ2) is 10.7. The third-order valence-corrected chi connectivity index (χ3v) is 11.0. The number of anilines is 3. The number of aromatic nitrogens is 2. The van der Waals surface area contributed by atoms with Crippen LogP contribution in [0.2, 0.25) is 0 Å². The third kappa shape index (κ3) is 4.93. The molecule has 1 N–H and O–H groups in total. The molecule has 7 rings (SSSR count). The lowest BCUT2D eigenvalue weighted by atomic mass is 10.1. The van der Waals surface area contributed by atoms with Crippen LogP contribution >= 0.6 is 23.1 Å². The molecule has 4 aliphatic heterocycles. The topological polar surface area (TPSA) is 73.8 Å². The molecule has 222 valence electrons. The van der Waals surface area contributed by atoms with Crippen molar-refractivity contribution >= 4 is 46.3 Å². The minimum atomic E-state index is -4.65. The van der Waals surface area contributed by atoms with E-state index in [0.29, 0.717) is 52.2 Å². The number of carbonyl (C=O) groups is 1. The van der Waals surface area contributed by atoms with E-state index in [1.807, 2.05) is 6.07 Å². The fourth-order valence-corrected chi connectivity index (χ4v) is 8.61. The van der Waals surface area contributed by atoms with E-state index in [1.54, 1.807) is 11.0 Å². The van der Waals surface area contributed by atoms with Crippen molar-refractivity contribution in [3.8, 4) is 10.6 Å². The molecule has 2 aromatic heterocycles. The number of hydrogen-bond acceptors (Lipinski definition) is 9. The molecule has 2 unspecified atom stereocenters. The molecule has 8 nitrogen and oxygen atoms in total. The zero-order chi connectivity index (χ0) is 29.2. The van der Waals surface area contributed by atoms with E-state index in [1.165, 1.54) is 18.2 Å². The van der Waals surface area contributed by atoms with Crippen molar-refractivity contribution in [2.45, 2.75) is 49.0 Å². The minimum Gasteiger partial charge on any atom is -0.377 e. The van der Waals surface area contributed by atoms with Gasteiger partial charge in [0.05, 0.1) is 29.8 Å². The number of alkyl halides is 3. The SMILES string of the molecule is CCc1cc(N2CC3CC2CN3C)ccc1Nc1ncc(C(F)(F)F)c(-c2cc3c(s2)C(=O)N(C2COC2)CCS3)n1. The predicted molar refractivity (Wildman–Crippen MR) is 158 cm³/mol. The molecule has 3 aromatic rings. The average Bonchev–Trinajstić information content (AvgIpc) is 3.62. The summed E-state index contributed by atoms with van der Waals surface area (Å²) in [4.78, 5) is 29.9. The molecule has 3 fully saturated rings. The van der Waals surface area contributed by atoms with Gasteiger partial charge in [-0.15, -0.1) is 23.1 Å². The smallest absolute Gasteiger partial charge is 0.377 e. The standard InChI is InChI=1S/C29H31F3N6O2S2/c1-3-16-8-17(38-13-18-9-19(38)12-36(18)2)4-5-22(16)34-28-33-11-21(29(30,31)32)25(35-28)23-10-24-26(42-23)27(39)37(6-7-41-24)20-14-40-15-20/h4-5,8,10-11,18-20H,3,6-7,9,12-15H2,1-2H3,(H,33,34,35). The number of hydrogen-bond donors (Lipinski definition) is 1. The molecule has 1 amide bonds. The van der Waals surface area contributed by atoms with Crippen LogP contribution in [0.1, 0.15) is 34.1 Å². The van der Waals surface area contributed by atoms with E-state index in [0.717, 1.165) is 54.0 Å². The maximum Gasteiger partial charge on any atom is 0.420 e. The number of nitrogens with one attached hydrogen (secondary N) is 1. The summed E-state index contributed by atoms with van der Waals surface area (Å²) in [6.07, 6.45) is -1.91. The van der Waals surface area contributed by atoms with Gasteiger partial charge in [-0.3, -0.25) is 9.69 Å². The highest BCUT2D eigenvalue weighted by atomic mass is 32.2. The van der Waals surface area contributed by atoms with Gasteiger partial charge in [0.25, 0.3) is 5.91 Å². The van der Waals surface area contributed by atoms with Gasteiger partial charge in [0, 0.05) is 59.9 Å². The van der Waals surface area contributed by atoms with Crippen molar-refractivity contribution in [2.24, 2.45) is 0 Å². The summed E-state index contributed by atoms with van der Waals surface area (Å²) in [5, 5.41) is 3.18. The van der Waals surface area contributed by atoms with Crippen molar-refractivity contribution in [1.82, 2.24) is 19.8 Å². The number of amides is 1. The summed E-state index contributed by atoms with van der Waals surface area (Å²) in [6, 6.07) is 8.94. The van der Waals surface area contributed by atoms with E-state index in [-0.39, 0.29) is 23.6 Å². The van der Waals surface area contributed by atoms with Crippen molar-refractivity contribution in [3.63, 3.8) is 0 Å². The maximum atomic E-state index is 14.1. The summed E-state index contributed by atoms with van der Waals surface area (Å²) in [6.45, 7) is 5.66. The molecule has 2 atom stereocenters. The van der Waals surface area contributed by atoms with Gasteiger partial charge in [0.1, 0.15) is 10.4 Å². The lowest BCUT2D eigenvalue weighted by Gasteiger charge is -2.36. The molecule has 1 aromatic carbocycles. The molecular formula is C29H31F3N6O2S2. The number of piperazine rings is 1. The first kappa shape index (κ1) is 27.9. The zero-order valence-electron chi connectivity index (χ0n) is 23.3. The number of likely N-dealkylation sites (tertiary alicyclic amines) is 1. The highest BCUT2D eigenvalue weighted by Crippen LogP contribution is 2.44. The Morgan fingerprint density at radius 2 is 1.95 bits per heavy atom. The van der Waals surface area contributed by atoms with Gasteiger partial charge >= 0.3 is 6.18 Å². The molecule has 3 saturated heterocycles. The van der Waals surface area contributed by atoms with Crippen LogP contribution in [-0.2, 0) is 17.3 Å². The lowest BCUT2D eigenvalue weighted by Crippen LogP contribution is -2.52. The van der Waals surface area contributed by atoms with Gasteiger partial charge in [-0.2, -0.15) is 13.2 Å². The number of thioether (sulfide) groups is 1. The van der Waals surface area contributed by atoms with Gasteiger partial charge in [0.15, 0.2) is 0 Å².